The SMILES string of the molecule is CC(C)(C)c1csc(CC(CBr)C2CCCC2)n1. The molecule has 1 aliphatic rings. The van der Waals surface area contributed by atoms with Gasteiger partial charge in [-0.3, -0.25) is 0 Å². The summed E-state index contributed by atoms with van der Waals surface area (Å²) in [4.78, 5) is 4.84. The molecule has 0 aromatic carbocycles. The van der Waals surface area contributed by atoms with E-state index in [0.717, 1.165) is 23.6 Å². The summed E-state index contributed by atoms with van der Waals surface area (Å²) >= 11 is 5.55. The molecule has 18 heavy (non-hydrogen) atoms. The van der Waals surface area contributed by atoms with Crippen LogP contribution in [0.5, 0.6) is 0 Å². The normalized spacial score (nSPS) is 19.3. The number of alkyl halides is 1. The Morgan fingerprint density at radius 1 is 1.39 bits per heavy atom. The minimum atomic E-state index is 0.187. The summed E-state index contributed by atoms with van der Waals surface area (Å²) in [6.45, 7) is 6.72. The first-order valence-corrected chi connectivity index (χ1v) is 9.01. The van der Waals surface area contributed by atoms with E-state index >= 15 is 0 Å². The van der Waals surface area contributed by atoms with Gasteiger partial charge in [0.25, 0.3) is 0 Å². The largest absolute Gasteiger partial charge is 0.246 e. The molecule has 1 aliphatic carbocycles. The van der Waals surface area contributed by atoms with Crippen molar-refractivity contribution in [2.24, 2.45) is 11.8 Å². The molecule has 0 spiro atoms. The number of thiazole rings is 1. The van der Waals surface area contributed by atoms with E-state index in [2.05, 4.69) is 42.1 Å². The van der Waals surface area contributed by atoms with Gasteiger partial charge in [-0.15, -0.1) is 11.3 Å². The summed E-state index contributed by atoms with van der Waals surface area (Å²) in [5.74, 6) is 1.71. The van der Waals surface area contributed by atoms with Crippen LogP contribution in [0.25, 0.3) is 0 Å². The lowest BCUT2D eigenvalue weighted by molar-refractivity contribution is 0.372. The summed E-state index contributed by atoms with van der Waals surface area (Å²) in [6, 6.07) is 0. The van der Waals surface area contributed by atoms with Crippen LogP contribution < -0.4 is 0 Å². The van der Waals surface area contributed by atoms with Gasteiger partial charge in [0.05, 0.1) is 10.7 Å². The summed E-state index contributed by atoms with van der Waals surface area (Å²) in [5.41, 5.74) is 1.44. The molecule has 0 saturated heterocycles. The number of rotatable bonds is 4. The van der Waals surface area contributed by atoms with Crippen LogP contribution >= 0.6 is 27.3 Å². The Kier molecular flexibility index (Phi) is 4.87. The second-order valence-electron chi connectivity index (χ2n) is 6.54. The molecule has 0 radical (unpaired) electrons. The first-order chi connectivity index (χ1) is 8.50. The van der Waals surface area contributed by atoms with Crippen molar-refractivity contribution in [3.63, 3.8) is 0 Å². The lowest BCUT2D eigenvalue weighted by atomic mass is 9.90. The highest BCUT2D eigenvalue weighted by molar-refractivity contribution is 9.09. The van der Waals surface area contributed by atoms with E-state index in [-0.39, 0.29) is 5.41 Å². The average molecular weight is 330 g/mol. The molecule has 1 saturated carbocycles. The maximum Gasteiger partial charge on any atom is 0.0931 e. The standard InChI is InChI=1S/C15H24BrNS/c1-15(2,3)13-10-18-14(17-13)8-12(9-16)11-6-4-5-7-11/h10-12H,4-9H2,1-3H3. The fraction of sp³-hybridized carbons (Fsp3) is 0.800. The second-order valence-corrected chi connectivity index (χ2v) is 8.13. The molecule has 0 bridgehead atoms. The molecule has 1 heterocycles. The van der Waals surface area contributed by atoms with E-state index in [4.69, 9.17) is 4.98 Å². The van der Waals surface area contributed by atoms with Crippen molar-refractivity contribution >= 4 is 27.3 Å². The Morgan fingerprint density at radius 3 is 2.56 bits per heavy atom. The average Bonchev–Trinajstić information content (AvgIpc) is 2.95. The Bertz CT molecular complexity index is 374. The topological polar surface area (TPSA) is 12.9 Å². The molecule has 0 N–H and O–H groups in total. The van der Waals surface area contributed by atoms with Crippen LogP contribution in [0.2, 0.25) is 0 Å². The fourth-order valence-corrected chi connectivity index (χ4v) is 4.62. The van der Waals surface area contributed by atoms with Crippen LogP contribution in [-0.2, 0) is 11.8 Å². The van der Waals surface area contributed by atoms with E-state index in [1.165, 1.54) is 36.4 Å². The number of aromatic nitrogens is 1. The van der Waals surface area contributed by atoms with Gasteiger partial charge in [0.2, 0.25) is 0 Å². The molecule has 0 amide bonds. The van der Waals surface area contributed by atoms with Gasteiger partial charge in [0.1, 0.15) is 0 Å². The Morgan fingerprint density at radius 2 is 2.06 bits per heavy atom. The summed E-state index contributed by atoms with van der Waals surface area (Å²) in [6.07, 6.45) is 6.87. The van der Waals surface area contributed by atoms with Gasteiger partial charge in [-0.05, 0) is 11.8 Å². The van der Waals surface area contributed by atoms with Crippen LogP contribution in [0, 0.1) is 11.8 Å². The lowest BCUT2D eigenvalue weighted by Crippen LogP contribution is -2.17. The van der Waals surface area contributed by atoms with Gasteiger partial charge in [-0.2, -0.15) is 0 Å². The highest BCUT2D eigenvalue weighted by Crippen LogP contribution is 2.35. The predicted octanol–water partition coefficient (Wildman–Crippen LogP) is 5.18. The van der Waals surface area contributed by atoms with Crippen LogP contribution in [-0.4, -0.2) is 10.3 Å². The zero-order valence-electron chi connectivity index (χ0n) is 11.7. The maximum atomic E-state index is 4.84. The van der Waals surface area contributed by atoms with E-state index < -0.39 is 0 Å². The third-order valence-electron chi connectivity index (χ3n) is 4.02. The van der Waals surface area contributed by atoms with Crippen LogP contribution in [0.3, 0.4) is 0 Å². The molecular formula is C15H24BrNS. The van der Waals surface area contributed by atoms with Gasteiger partial charge in [0, 0.05) is 22.5 Å². The van der Waals surface area contributed by atoms with E-state index in [9.17, 15) is 0 Å². The molecule has 2 rings (SSSR count). The Labute approximate surface area is 124 Å². The maximum absolute atomic E-state index is 4.84. The fourth-order valence-electron chi connectivity index (χ4n) is 2.75. The molecule has 102 valence electrons. The Hall–Kier alpha value is 0.110. The monoisotopic (exact) mass is 329 g/mol. The van der Waals surface area contributed by atoms with Crippen molar-refractivity contribution in [1.82, 2.24) is 4.98 Å². The minimum Gasteiger partial charge on any atom is -0.246 e. The highest BCUT2D eigenvalue weighted by atomic mass is 79.9. The predicted molar refractivity (Wildman–Crippen MR) is 83.8 cm³/mol. The van der Waals surface area contributed by atoms with E-state index in [1.807, 2.05) is 11.3 Å². The third-order valence-corrected chi connectivity index (χ3v) is 5.72. The molecule has 1 nitrogen and oxygen atoms in total. The molecule has 0 aliphatic heterocycles. The van der Waals surface area contributed by atoms with Crippen molar-refractivity contribution in [2.75, 3.05) is 5.33 Å². The zero-order chi connectivity index (χ0) is 13.2. The molecule has 1 aromatic rings. The number of hydrogen-bond donors (Lipinski definition) is 0. The van der Waals surface area contributed by atoms with Crippen molar-refractivity contribution in [1.29, 1.82) is 0 Å². The van der Waals surface area contributed by atoms with Crippen LogP contribution in [0.1, 0.15) is 57.2 Å². The Balaban J connectivity index is 2.01. The summed E-state index contributed by atoms with van der Waals surface area (Å²) in [5, 5.41) is 4.70. The molecule has 1 atom stereocenters. The second kappa shape index (κ2) is 6.04. The van der Waals surface area contributed by atoms with E-state index in [0.29, 0.717) is 0 Å². The zero-order valence-corrected chi connectivity index (χ0v) is 14.1. The van der Waals surface area contributed by atoms with Gasteiger partial charge in [-0.1, -0.05) is 62.4 Å². The van der Waals surface area contributed by atoms with Gasteiger partial charge in [0.15, 0.2) is 0 Å². The third kappa shape index (κ3) is 3.57. The van der Waals surface area contributed by atoms with Gasteiger partial charge >= 0.3 is 0 Å². The quantitative estimate of drug-likeness (QED) is 0.693. The molecule has 1 unspecified atom stereocenters. The van der Waals surface area contributed by atoms with Gasteiger partial charge in [-0.25, -0.2) is 4.98 Å². The number of hydrogen-bond acceptors (Lipinski definition) is 2. The summed E-state index contributed by atoms with van der Waals surface area (Å²) in [7, 11) is 0. The van der Waals surface area contributed by atoms with Crippen molar-refractivity contribution in [3.8, 4) is 0 Å². The van der Waals surface area contributed by atoms with Crippen LogP contribution in [0.4, 0.5) is 0 Å². The molecule has 1 aromatic heterocycles. The first kappa shape index (κ1) is 14.5. The number of nitrogens with zero attached hydrogens (tertiary/aromatic N) is 1. The molecule has 3 heteroatoms. The van der Waals surface area contributed by atoms with Gasteiger partial charge < -0.3 is 0 Å². The molecule has 1 fully saturated rings. The lowest BCUT2D eigenvalue weighted by Gasteiger charge is -2.20. The van der Waals surface area contributed by atoms with E-state index in [1.54, 1.807) is 0 Å². The van der Waals surface area contributed by atoms with Crippen molar-refractivity contribution in [2.45, 2.75) is 58.3 Å². The minimum absolute atomic E-state index is 0.187. The van der Waals surface area contributed by atoms with Crippen molar-refractivity contribution < 1.29 is 0 Å². The first-order valence-electron chi connectivity index (χ1n) is 7.01. The smallest absolute Gasteiger partial charge is 0.0931 e. The van der Waals surface area contributed by atoms with Crippen LogP contribution in [0.15, 0.2) is 5.38 Å². The molecular weight excluding hydrogens is 306 g/mol. The van der Waals surface area contributed by atoms with Crippen molar-refractivity contribution in [3.05, 3.63) is 16.1 Å². The summed E-state index contributed by atoms with van der Waals surface area (Å²) < 4.78 is 0. The highest BCUT2D eigenvalue weighted by Gasteiger charge is 2.26. The number of halogens is 1.